The molecular formula is C21H28O4. The van der Waals surface area contributed by atoms with E-state index in [0.29, 0.717) is 24.9 Å². The second-order valence-corrected chi connectivity index (χ2v) is 7.90. The van der Waals surface area contributed by atoms with E-state index in [0.717, 1.165) is 31.2 Å². The maximum Gasteiger partial charge on any atom is 0.302 e. The molecule has 0 spiro atoms. The Hall–Kier alpha value is -1.84. The third-order valence-electron chi connectivity index (χ3n) is 6.51. The van der Waals surface area contributed by atoms with Crippen molar-refractivity contribution in [2.75, 3.05) is 6.61 Å². The minimum atomic E-state index is -0.244. The number of carbonyl (C=O) groups is 2. The molecule has 0 aliphatic heterocycles. The fraction of sp³-hybridized carbons (Fsp3) is 0.619. The Kier molecular flexibility index (Phi) is 5.16. The van der Waals surface area contributed by atoms with Crippen LogP contribution in [0.15, 0.2) is 34.7 Å². The predicted octanol–water partition coefficient (Wildman–Crippen LogP) is 4.34. The number of hydrogen-bond donors (Lipinski definition) is 0. The van der Waals surface area contributed by atoms with Crippen molar-refractivity contribution >= 4 is 11.8 Å². The molecule has 0 radical (unpaired) electrons. The number of rotatable bonds is 5. The maximum absolute atomic E-state index is 12.3. The van der Waals surface area contributed by atoms with E-state index in [2.05, 4.69) is 13.8 Å². The van der Waals surface area contributed by atoms with Crippen molar-refractivity contribution in [3.05, 3.63) is 35.8 Å². The first-order valence-corrected chi connectivity index (χ1v) is 9.28. The summed E-state index contributed by atoms with van der Waals surface area (Å²) in [5.41, 5.74) is 2.20. The molecule has 4 nitrogen and oxygen atoms in total. The number of allylic oxidation sites excluding steroid dienone is 2. The first kappa shape index (κ1) is 18.0. The van der Waals surface area contributed by atoms with Crippen LogP contribution in [0.25, 0.3) is 0 Å². The Morgan fingerprint density at radius 3 is 2.88 bits per heavy atom. The molecule has 0 saturated heterocycles. The Bertz CT molecular complexity index is 657. The van der Waals surface area contributed by atoms with Crippen molar-refractivity contribution in [3.63, 3.8) is 0 Å². The Morgan fingerprint density at radius 1 is 1.40 bits per heavy atom. The summed E-state index contributed by atoms with van der Waals surface area (Å²) in [7, 11) is 0. The van der Waals surface area contributed by atoms with E-state index in [-0.39, 0.29) is 23.1 Å². The van der Waals surface area contributed by atoms with Crippen molar-refractivity contribution in [2.45, 2.75) is 52.9 Å². The molecule has 0 bridgehead atoms. The molecule has 2 aliphatic carbocycles. The van der Waals surface area contributed by atoms with Crippen LogP contribution in [0.1, 0.15) is 52.0 Å². The van der Waals surface area contributed by atoms with Crippen LogP contribution in [0, 0.1) is 23.2 Å². The van der Waals surface area contributed by atoms with Gasteiger partial charge in [-0.05, 0) is 68.1 Å². The number of ketones is 1. The minimum absolute atomic E-state index is 0.156. The van der Waals surface area contributed by atoms with Crippen LogP contribution in [-0.2, 0) is 20.7 Å². The predicted molar refractivity (Wildman–Crippen MR) is 94.9 cm³/mol. The molecule has 1 fully saturated rings. The van der Waals surface area contributed by atoms with Crippen LogP contribution in [0.3, 0.4) is 0 Å². The lowest BCUT2D eigenvalue weighted by molar-refractivity contribution is -0.152. The van der Waals surface area contributed by atoms with Gasteiger partial charge in [0, 0.05) is 18.8 Å². The average molecular weight is 344 g/mol. The molecule has 4 unspecified atom stereocenters. The largest absolute Gasteiger partial charge is 0.472 e. The van der Waals surface area contributed by atoms with E-state index in [4.69, 9.17) is 9.15 Å². The number of carbonyl (C=O) groups excluding carboxylic acids is 2. The van der Waals surface area contributed by atoms with Crippen LogP contribution in [0.5, 0.6) is 0 Å². The molecule has 1 heterocycles. The van der Waals surface area contributed by atoms with Gasteiger partial charge in [0.25, 0.3) is 0 Å². The van der Waals surface area contributed by atoms with Crippen molar-refractivity contribution < 1.29 is 18.7 Å². The number of esters is 1. The van der Waals surface area contributed by atoms with E-state index in [9.17, 15) is 9.59 Å². The van der Waals surface area contributed by atoms with Gasteiger partial charge in [-0.2, -0.15) is 0 Å². The first-order valence-electron chi connectivity index (χ1n) is 9.28. The average Bonchev–Trinajstić information content (AvgIpc) is 3.06. The molecular weight excluding hydrogens is 316 g/mol. The summed E-state index contributed by atoms with van der Waals surface area (Å²) in [5.74, 6) is 1.06. The van der Waals surface area contributed by atoms with Gasteiger partial charge in [0.1, 0.15) is 0 Å². The van der Waals surface area contributed by atoms with Gasteiger partial charge in [-0.25, -0.2) is 0 Å². The SMILES string of the molecule is CC(=O)OCC1(CCc2ccoc2)C(C)CCC2C(C)=CC(=O)CC21. The van der Waals surface area contributed by atoms with Gasteiger partial charge in [-0.15, -0.1) is 0 Å². The Morgan fingerprint density at radius 2 is 2.20 bits per heavy atom. The summed E-state index contributed by atoms with van der Waals surface area (Å²) in [6.45, 7) is 6.21. The van der Waals surface area contributed by atoms with Crippen LogP contribution >= 0.6 is 0 Å². The van der Waals surface area contributed by atoms with Gasteiger partial charge in [0.05, 0.1) is 19.1 Å². The van der Waals surface area contributed by atoms with Crippen LogP contribution < -0.4 is 0 Å². The molecule has 1 aromatic heterocycles. The Balaban J connectivity index is 1.92. The molecule has 0 N–H and O–H groups in total. The highest BCUT2D eigenvalue weighted by Crippen LogP contribution is 2.55. The second kappa shape index (κ2) is 7.19. The van der Waals surface area contributed by atoms with Crippen LogP contribution in [0.4, 0.5) is 0 Å². The van der Waals surface area contributed by atoms with E-state index in [1.165, 1.54) is 12.5 Å². The number of furan rings is 1. The molecule has 4 heteroatoms. The first-order chi connectivity index (χ1) is 11.9. The highest BCUT2D eigenvalue weighted by atomic mass is 16.5. The summed E-state index contributed by atoms with van der Waals surface area (Å²) >= 11 is 0. The molecule has 3 rings (SSSR count). The molecule has 4 atom stereocenters. The van der Waals surface area contributed by atoms with Crippen LogP contribution in [-0.4, -0.2) is 18.4 Å². The summed E-state index contributed by atoms with van der Waals surface area (Å²) in [4.78, 5) is 23.8. The van der Waals surface area contributed by atoms with Gasteiger partial charge >= 0.3 is 5.97 Å². The van der Waals surface area contributed by atoms with E-state index in [1.807, 2.05) is 12.1 Å². The summed E-state index contributed by atoms with van der Waals surface area (Å²) in [6, 6.07) is 1.99. The standard InChI is InChI=1S/C21H28O4/c1-14-10-18(23)11-20-19(14)5-4-15(2)21(20,13-25-16(3)22)8-6-17-7-9-24-12-17/h7,9-10,12,15,19-20H,4-6,8,11,13H2,1-3H3. The van der Waals surface area contributed by atoms with Crippen molar-refractivity contribution in [2.24, 2.45) is 23.2 Å². The van der Waals surface area contributed by atoms with E-state index >= 15 is 0 Å². The zero-order valence-electron chi connectivity index (χ0n) is 15.4. The molecule has 1 aromatic rings. The summed E-state index contributed by atoms with van der Waals surface area (Å²) in [6.07, 6.45) is 9.87. The molecule has 1 saturated carbocycles. The maximum atomic E-state index is 12.3. The molecule has 0 amide bonds. The normalized spacial score (nSPS) is 32.0. The third-order valence-corrected chi connectivity index (χ3v) is 6.51. The number of fused-ring (bicyclic) bond motifs is 1. The van der Waals surface area contributed by atoms with Gasteiger partial charge in [-0.1, -0.05) is 12.5 Å². The molecule has 0 aromatic carbocycles. The van der Waals surface area contributed by atoms with E-state index in [1.54, 1.807) is 12.5 Å². The lowest BCUT2D eigenvalue weighted by atomic mass is 9.52. The molecule has 2 aliphatic rings. The topological polar surface area (TPSA) is 56.5 Å². The Labute approximate surface area is 149 Å². The fourth-order valence-corrected chi connectivity index (χ4v) is 5.01. The number of aryl methyl sites for hydroxylation is 1. The lowest BCUT2D eigenvalue weighted by Gasteiger charge is -2.53. The molecule has 136 valence electrons. The lowest BCUT2D eigenvalue weighted by Crippen LogP contribution is -2.50. The van der Waals surface area contributed by atoms with E-state index < -0.39 is 0 Å². The summed E-state index contributed by atoms with van der Waals surface area (Å²) in [5, 5.41) is 0. The number of hydrogen-bond acceptors (Lipinski definition) is 4. The highest BCUT2D eigenvalue weighted by Gasteiger charge is 2.52. The second-order valence-electron chi connectivity index (χ2n) is 7.90. The fourth-order valence-electron chi connectivity index (χ4n) is 5.01. The zero-order chi connectivity index (χ0) is 18.0. The van der Waals surface area contributed by atoms with Crippen LogP contribution in [0.2, 0.25) is 0 Å². The smallest absolute Gasteiger partial charge is 0.302 e. The minimum Gasteiger partial charge on any atom is -0.472 e. The van der Waals surface area contributed by atoms with Gasteiger partial charge < -0.3 is 9.15 Å². The highest BCUT2D eigenvalue weighted by molar-refractivity contribution is 5.91. The summed E-state index contributed by atoms with van der Waals surface area (Å²) < 4.78 is 10.8. The van der Waals surface area contributed by atoms with Gasteiger partial charge in [-0.3, -0.25) is 9.59 Å². The molecule has 25 heavy (non-hydrogen) atoms. The van der Waals surface area contributed by atoms with Crippen molar-refractivity contribution in [1.29, 1.82) is 0 Å². The monoisotopic (exact) mass is 344 g/mol. The van der Waals surface area contributed by atoms with Crippen molar-refractivity contribution in [1.82, 2.24) is 0 Å². The van der Waals surface area contributed by atoms with Gasteiger partial charge in [0.15, 0.2) is 5.78 Å². The third kappa shape index (κ3) is 3.58. The quantitative estimate of drug-likeness (QED) is 0.746. The number of ether oxygens (including phenoxy) is 1. The van der Waals surface area contributed by atoms with Crippen molar-refractivity contribution in [3.8, 4) is 0 Å². The zero-order valence-corrected chi connectivity index (χ0v) is 15.4. The van der Waals surface area contributed by atoms with Gasteiger partial charge in [0.2, 0.25) is 0 Å².